The molecule has 0 aliphatic carbocycles. The molecule has 0 aliphatic rings. The summed E-state index contributed by atoms with van der Waals surface area (Å²) in [4.78, 5) is 13.4. The fraction of sp³-hybridized carbons (Fsp3) is 0.333. The molecule has 0 amide bonds. The maximum atomic E-state index is 12.5. The summed E-state index contributed by atoms with van der Waals surface area (Å²) in [7, 11) is 0. The van der Waals surface area contributed by atoms with Crippen molar-refractivity contribution in [3.8, 4) is 5.75 Å². The Morgan fingerprint density at radius 2 is 1.84 bits per heavy atom. The van der Waals surface area contributed by atoms with Gasteiger partial charge in [0.15, 0.2) is 12.0 Å². The lowest BCUT2D eigenvalue weighted by atomic mass is 10.1. The number of carbonyl (C=O) groups excluding carboxylic acids is 1. The molecule has 1 heterocycles. The van der Waals surface area contributed by atoms with E-state index in [2.05, 4.69) is 9.72 Å². The molecule has 0 aromatic carbocycles. The molecule has 0 saturated carbocycles. The molecule has 0 saturated heterocycles. The highest BCUT2D eigenvalue weighted by atomic mass is 19.4. The number of ether oxygens (including phenoxy) is 1. The van der Waals surface area contributed by atoms with Crippen LogP contribution in [0.5, 0.6) is 5.75 Å². The second kappa shape index (κ2) is 5.03. The fourth-order valence-electron chi connectivity index (χ4n) is 1.31. The maximum absolute atomic E-state index is 12.5. The van der Waals surface area contributed by atoms with E-state index in [0.29, 0.717) is 6.20 Å². The van der Waals surface area contributed by atoms with Crippen LogP contribution in [0.4, 0.5) is 26.3 Å². The molecule has 106 valence electrons. The summed E-state index contributed by atoms with van der Waals surface area (Å²) in [5, 5.41) is 0. The van der Waals surface area contributed by atoms with E-state index in [4.69, 9.17) is 5.73 Å². The zero-order chi connectivity index (χ0) is 14.8. The zero-order valence-corrected chi connectivity index (χ0v) is 8.97. The van der Waals surface area contributed by atoms with E-state index in [1.807, 2.05) is 0 Å². The Bertz CT molecular complexity index is 483. The van der Waals surface area contributed by atoms with Crippen molar-refractivity contribution < 1.29 is 35.9 Å². The topological polar surface area (TPSA) is 65.2 Å². The van der Waals surface area contributed by atoms with E-state index in [1.54, 1.807) is 0 Å². The van der Waals surface area contributed by atoms with Gasteiger partial charge < -0.3 is 10.5 Å². The van der Waals surface area contributed by atoms with Crippen molar-refractivity contribution in [2.75, 3.05) is 0 Å². The van der Waals surface area contributed by atoms with Crippen molar-refractivity contribution in [1.82, 2.24) is 4.98 Å². The normalized spacial score (nSPS) is 12.4. The van der Waals surface area contributed by atoms with Gasteiger partial charge in [-0.25, -0.2) is 0 Å². The summed E-state index contributed by atoms with van der Waals surface area (Å²) in [6.45, 7) is -0.922. The monoisotopic (exact) mass is 288 g/mol. The Labute approximate surface area is 102 Å². The third kappa shape index (κ3) is 3.56. The van der Waals surface area contributed by atoms with E-state index >= 15 is 0 Å². The third-order valence-electron chi connectivity index (χ3n) is 1.97. The highest BCUT2D eigenvalue weighted by Gasteiger charge is 2.40. The SMILES string of the molecule is NCc1c(C(F)(F)F)ncc(C=O)c1OC(F)(F)F. The number of nitrogens with two attached hydrogens (primary N) is 1. The van der Waals surface area contributed by atoms with Gasteiger partial charge in [0, 0.05) is 18.3 Å². The quantitative estimate of drug-likeness (QED) is 0.684. The number of hydrogen-bond acceptors (Lipinski definition) is 4. The van der Waals surface area contributed by atoms with Crippen molar-refractivity contribution in [1.29, 1.82) is 0 Å². The largest absolute Gasteiger partial charge is 0.573 e. The first-order valence-corrected chi connectivity index (χ1v) is 4.60. The number of alkyl halides is 6. The molecule has 1 rings (SSSR count). The number of carbonyl (C=O) groups is 1. The summed E-state index contributed by atoms with van der Waals surface area (Å²) in [5.74, 6) is -1.28. The molecule has 19 heavy (non-hydrogen) atoms. The Balaban J connectivity index is 3.51. The lowest BCUT2D eigenvalue weighted by Crippen LogP contribution is -2.23. The molecule has 0 unspecified atom stereocenters. The Morgan fingerprint density at radius 1 is 1.26 bits per heavy atom. The highest BCUT2D eigenvalue weighted by Crippen LogP contribution is 2.37. The summed E-state index contributed by atoms with van der Waals surface area (Å²) in [6.07, 6.45) is -10.0. The van der Waals surface area contributed by atoms with Gasteiger partial charge >= 0.3 is 12.5 Å². The van der Waals surface area contributed by atoms with Crippen LogP contribution < -0.4 is 10.5 Å². The standard InChI is InChI=1S/C9H6F6N2O2/c10-8(11,12)7-5(1-16)6(19-9(13,14)15)4(3-18)2-17-7/h2-3H,1,16H2. The van der Waals surface area contributed by atoms with Crippen LogP contribution in [0.2, 0.25) is 0 Å². The summed E-state index contributed by atoms with van der Waals surface area (Å²) >= 11 is 0. The Kier molecular flexibility index (Phi) is 4.03. The number of halogens is 6. The molecule has 0 fully saturated rings. The molecular weight excluding hydrogens is 282 g/mol. The van der Waals surface area contributed by atoms with Gasteiger partial charge in [-0.15, -0.1) is 13.2 Å². The third-order valence-corrected chi connectivity index (χ3v) is 1.97. The van der Waals surface area contributed by atoms with Crippen LogP contribution in [0.15, 0.2) is 6.20 Å². The summed E-state index contributed by atoms with van der Waals surface area (Å²) in [6, 6.07) is 0. The van der Waals surface area contributed by atoms with Gasteiger partial charge in [0.2, 0.25) is 0 Å². The van der Waals surface area contributed by atoms with Gasteiger partial charge in [-0.3, -0.25) is 9.78 Å². The Hall–Kier alpha value is -1.84. The average molecular weight is 288 g/mol. The maximum Gasteiger partial charge on any atom is 0.573 e. The predicted molar refractivity (Wildman–Crippen MR) is 49.2 cm³/mol. The predicted octanol–water partition coefficient (Wildman–Crippen LogP) is 2.27. The molecule has 2 N–H and O–H groups in total. The lowest BCUT2D eigenvalue weighted by Gasteiger charge is -2.17. The minimum Gasteiger partial charge on any atom is -0.405 e. The molecule has 0 aliphatic heterocycles. The Morgan fingerprint density at radius 3 is 2.21 bits per heavy atom. The first-order chi connectivity index (χ1) is 8.60. The van der Waals surface area contributed by atoms with Crippen molar-refractivity contribution in [2.24, 2.45) is 5.73 Å². The molecule has 0 bridgehead atoms. The second-order valence-corrected chi connectivity index (χ2v) is 3.24. The first kappa shape index (κ1) is 15.2. The van der Waals surface area contributed by atoms with E-state index < -0.39 is 41.7 Å². The summed E-state index contributed by atoms with van der Waals surface area (Å²) in [5.41, 5.74) is 1.56. The molecule has 1 aromatic rings. The first-order valence-electron chi connectivity index (χ1n) is 4.60. The molecule has 10 heteroatoms. The molecule has 0 spiro atoms. The van der Waals surface area contributed by atoms with Crippen LogP contribution in [0.25, 0.3) is 0 Å². The van der Waals surface area contributed by atoms with E-state index in [-0.39, 0.29) is 6.29 Å². The molecular formula is C9H6F6N2O2. The van der Waals surface area contributed by atoms with Gasteiger partial charge in [0.05, 0.1) is 5.56 Å². The van der Waals surface area contributed by atoms with E-state index in [1.165, 1.54) is 0 Å². The van der Waals surface area contributed by atoms with E-state index in [0.717, 1.165) is 0 Å². The highest BCUT2D eigenvalue weighted by molar-refractivity contribution is 5.80. The number of nitrogens with zero attached hydrogens (tertiary/aromatic N) is 1. The number of rotatable bonds is 3. The summed E-state index contributed by atoms with van der Waals surface area (Å²) < 4.78 is 77.4. The van der Waals surface area contributed by atoms with Gasteiger partial charge in [-0.05, 0) is 0 Å². The van der Waals surface area contributed by atoms with Crippen LogP contribution >= 0.6 is 0 Å². The molecule has 1 aromatic heterocycles. The van der Waals surface area contributed by atoms with Crippen LogP contribution in [0.1, 0.15) is 21.6 Å². The average Bonchev–Trinajstić information content (AvgIpc) is 2.25. The number of aromatic nitrogens is 1. The van der Waals surface area contributed by atoms with Crippen LogP contribution in [-0.4, -0.2) is 17.6 Å². The van der Waals surface area contributed by atoms with Gasteiger partial charge in [0.25, 0.3) is 0 Å². The number of hydrogen-bond donors (Lipinski definition) is 1. The van der Waals surface area contributed by atoms with E-state index in [9.17, 15) is 31.1 Å². The van der Waals surface area contributed by atoms with Gasteiger partial charge in [-0.2, -0.15) is 13.2 Å². The molecule has 4 nitrogen and oxygen atoms in total. The van der Waals surface area contributed by atoms with Gasteiger partial charge in [0.1, 0.15) is 5.75 Å². The smallest absolute Gasteiger partial charge is 0.405 e. The molecule has 0 atom stereocenters. The zero-order valence-electron chi connectivity index (χ0n) is 8.97. The van der Waals surface area contributed by atoms with Crippen LogP contribution in [-0.2, 0) is 12.7 Å². The van der Waals surface area contributed by atoms with Gasteiger partial charge in [-0.1, -0.05) is 0 Å². The van der Waals surface area contributed by atoms with Crippen LogP contribution in [0.3, 0.4) is 0 Å². The van der Waals surface area contributed by atoms with Crippen molar-refractivity contribution in [2.45, 2.75) is 19.1 Å². The fourth-order valence-corrected chi connectivity index (χ4v) is 1.31. The van der Waals surface area contributed by atoms with Crippen molar-refractivity contribution in [3.05, 3.63) is 23.0 Å². The van der Waals surface area contributed by atoms with Crippen molar-refractivity contribution in [3.63, 3.8) is 0 Å². The second-order valence-electron chi connectivity index (χ2n) is 3.24. The number of aldehydes is 1. The van der Waals surface area contributed by atoms with Crippen LogP contribution in [0, 0.1) is 0 Å². The molecule has 0 radical (unpaired) electrons. The minimum absolute atomic E-state index is 0.104. The lowest BCUT2D eigenvalue weighted by molar-refractivity contribution is -0.275. The van der Waals surface area contributed by atoms with Crippen molar-refractivity contribution >= 4 is 6.29 Å². The minimum atomic E-state index is -5.26. The number of pyridine rings is 1.